The van der Waals surface area contributed by atoms with Gasteiger partial charge in [0, 0.05) is 17.8 Å². The molecule has 0 atom stereocenters. The Morgan fingerprint density at radius 3 is 1.85 bits per heavy atom. The second-order valence-electron chi connectivity index (χ2n) is 10.4. The van der Waals surface area contributed by atoms with Crippen LogP contribution in [0.15, 0.2) is 60.7 Å². The van der Waals surface area contributed by atoms with E-state index >= 15 is 0 Å². The second kappa shape index (κ2) is 13.9. The van der Waals surface area contributed by atoms with Gasteiger partial charge in [0.2, 0.25) is 0 Å². The molecular weight excluding hydrogens is 448 g/mol. The summed E-state index contributed by atoms with van der Waals surface area (Å²) in [6.45, 7) is 10.4. The van der Waals surface area contributed by atoms with Crippen LogP contribution in [0.4, 0.5) is 0 Å². The molecule has 0 aliphatic carbocycles. The minimum Gasteiger partial charge on any atom is -0.494 e. The molecule has 0 N–H and O–H groups in total. The Morgan fingerprint density at radius 1 is 0.647 bits per heavy atom. The number of aryl methyl sites for hydroxylation is 1. The Balaban J connectivity index is 1.49. The SMILES string of the molecule is CCCCCCc1ccc(-c2ccc(-c3ccc(OCCC[Si](C)(C)CCCC)cc3)s2)cc1. The first-order valence-corrected chi connectivity index (χ1v) is 17.7. The van der Waals surface area contributed by atoms with Gasteiger partial charge in [-0.15, -0.1) is 11.3 Å². The van der Waals surface area contributed by atoms with Gasteiger partial charge in [-0.1, -0.05) is 95.4 Å². The average Bonchev–Trinajstić information content (AvgIpc) is 3.34. The summed E-state index contributed by atoms with van der Waals surface area (Å²) in [7, 11) is -1.03. The van der Waals surface area contributed by atoms with E-state index in [1.54, 1.807) is 0 Å². The highest BCUT2D eigenvalue weighted by atomic mass is 32.1. The molecule has 3 aromatic rings. The molecule has 0 amide bonds. The normalized spacial score (nSPS) is 11.6. The lowest BCUT2D eigenvalue weighted by molar-refractivity contribution is 0.316. The summed E-state index contributed by atoms with van der Waals surface area (Å²) in [6, 6.07) is 25.1. The fraction of sp³-hybridized carbons (Fsp3) is 0.484. The second-order valence-corrected chi connectivity index (χ2v) is 16.8. The van der Waals surface area contributed by atoms with E-state index in [1.165, 1.54) is 89.9 Å². The molecule has 0 saturated heterocycles. The molecule has 0 fully saturated rings. The molecule has 1 heterocycles. The fourth-order valence-electron chi connectivity index (χ4n) is 4.48. The van der Waals surface area contributed by atoms with Gasteiger partial charge in [-0.3, -0.25) is 0 Å². The van der Waals surface area contributed by atoms with Gasteiger partial charge in [0.25, 0.3) is 0 Å². The molecule has 0 spiro atoms. The number of ether oxygens (including phenoxy) is 1. The summed E-state index contributed by atoms with van der Waals surface area (Å²) in [6.07, 6.45) is 10.4. The van der Waals surface area contributed by atoms with E-state index in [-0.39, 0.29) is 0 Å². The first-order valence-electron chi connectivity index (χ1n) is 13.4. The van der Waals surface area contributed by atoms with Crippen molar-refractivity contribution in [2.75, 3.05) is 6.61 Å². The van der Waals surface area contributed by atoms with Gasteiger partial charge in [0.15, 0.2) is 0 Å². The molecular formula is C31H44OSSi. The van der Waals surface area contributed by atoms with Crippen LogP contribution in [-0.2, 0) is 6.42 Å². The predicted molar refractivity (Wildman–Crippen MR) is 155 cm³/mol. The van der Waals surface area contributed by atoms with Gasteiger partial charge in [-0.25, -0.2) is 0 Å². The number of thiophene rings is 1. The number of hydrogen-bond acceptors (Lipinski definition) is 2. The molecule has 0 aliphatic heterocycles. The van der Waals surface area contributed by atoms with Crippen molar-refractivity contribution in [2.24, 2.45) is 0 Å². The zero-order valence-electron chi connectivity index (χ0n) is 21.9. The number of unbranched alkanes of at least 4 members (excludes halogenated alkanes) is 4. The molecule has 0 bridgehead atoms. The average molecular weight is 493 g/mol. The Morgan fingerprint density at radius 2 is 1.24 bits per heavy atom. The van der Waals surface area contributed by atoms with Gasteiger partial charge >= 0.3 is 0 Å². The molecule has 1 nitrogen and oxygen atoms in total. The first kappa shape index (κ1) is 26.8. The predicted octanol–water partition coefficient (Wildman–Crippen LogP) is 10.5. The smallest absolute Gasteiger partial charge is 0.119 e. The van der Waals surface area contributed by atoms with Crippen molar-refractivity contribution in [3.8, 4) is 26.6 Å². The summed E-state index contributed by atoms with van der Waals surface area (Å²) in [5.41, 5.74) is 4.04. The summed E-state index contributed by atoms with van der Waals surface area (Å²) >= 11 is 1.87. The van der Waals surface area contributed by atoms with Gasteiger partial charge < -0.3 is 4.74 Å². The lowest BCUT2D eigenvalue weighted by Gasteiger charge is -2.22. The Bertz CT molecular complexity index is 956. The van der Waals surface area contributed by atoms with E-state index in [0.717, 1.165) is 12.4 Å². The third-order valence-electron chi connectivity index (χ3n) is 6.78. The third-order valence-corrected chi connectivity index (χ3v) is 11.4. The first-order chi connectivity index (χ1) is 16.5. The largest absolute Gasteiger partial charge is 0.494 e. The molecule has 0 saturated carbocycles. The van der Waals surface area contributed by atoms with Crippen molar-refractivity contribution in [2.45, 2.75) is 90.4 Å². The van der Waals surface area contributed by atoms with E-state index in [9.17, 15) is 0 Å². The maximum atomic E-state index is 6.05. The van der Waals surface area contributed by atoms with E-state index in [2.05, 4.69) is 87.6 Å². The quantitative estimate of drug-likeness (QED) is 0.151. The van der Waals surface area contributed by atoms with E-state index in [4.69, 9.17) is 4.74 Å². The molecule has 1 aromatic heterocycles. The molecule has 34 heavy (non-hydrogen) atoms. The lowest BCUT2D eigenvalue weighted by atomic mass is 10.0. The number of hydrogen-bond donors (Lipinski definition) is 0. The lowest BCUT2D eigenvalue weighted by Crippen LogP contribution is -2.25. The molecule has 3 heteroatoms. The summed E-state index contributed by atoms with van der Waals surface area (Å²) < 4.78 is 6.05. The molecule has 2 aromatic carbocycles. The Labute approximate surface area is 213 Å². The van der Waals surface area contributed by atoms with Crippen molar-refractivity contribution >= 4 is 19.4 Å². The molecule has 184 valence electrons. The van der Waals surface area contributed by atoms with Gasteiger partial charge in [-0.05, 0) is 72.4 Å². The van der Waals surface area contributed by atoms with Crippen LogP contribution in [0.3, 0.4) is 0 Å². The highest BCUT2D eigenvalue weighted by molar-refractivity contribution is 7.18. The summed E-state index contributed by atoms with van der Waals surface area (Å²) in [5.74, 6) is 0.989. The van der Waals surface area contributed by atoms with Crippen molar-refractivity contribution in [3.63, 3.8) is 0 Å². The monoisotopic (exact) mass is 492 g/mol. The van der Waals surface area contributed by atoms with Crippen molar-refractivity contribution in [3.05, 3.63) is 66.2 Å². The van der Waals surface area contributed by atoms with Crippen LogP contribution in [0.1, 0.15) is 64.4 Å². The van der Waals surface area contributed by atoms with Gasteiger partial charge in [0.05, 0.1) is 6.61 Å². The van der Waals surface area contributed by atoms with Crippen LogP contribution in [0.5, 0.6) is 5.75 Å². The van der Waals surface area contributed by atoms with E-state index < -0.39 is 8.07 Å². The van der Waals surface area contributed by atoms with Gasteiger partial charge in [-0.2, -0.15) is 0 Å². The summed E-state index contributed by atoms with van der Waals surface area (Å²) in [5, 5.41) is 0. The van der Waals surface area contributed by atoms with Crippen LogP contribution < -0.4 is 4.74 Å². The summed E-state index contributed by atoms with van der Waals surface area (Å²) in [4.78, 5) is 2.65. The standard InChI is InChI=1S/C31H44OSSi/c1-5-7-9-10-12-26-13-15-27(16-14-26)30-21-22-31(33-30)28-17-19-29(20-18-28)32-23-11-25-34(3,4)24-8-6-2/h13-22H,5-12,23-25H2,1-4H3. The Kier molecular flexibility index (Phi) is 10.9. The fourth-order valence-corrected chi connectivity index (χ4v) is 8.16. The van der Waals surface area contributed by atoms with Gasteiger partial charge in [0.1, 0.15) is 5.75 Å². The third kappa shape index (κ3) is 8.74. The van der Waals surface area contributed by atoms with E-state index in [1.807, 2.05) is 11.3 Å². The zero-order chi connectivity index (χ0) is 24.2. The van der Waals surface area contributed by atoms with Crippen LogP contribution in [0.2, 0.25) is 25.2 Å². The number of benzene rings is 2. The highest BCUT2D eigenvalue weighted by Crippen LogP contribution is 2.35. The van der Waals surface area contributed by atoms with E-state index in [0.29, 0.717) is 0 Å². The molecule has 0 radical (unpaired) electrons. The highest BCUT2D eigenvalue weighted by Gasteiger charge is 2.19. The minimum atomic E-state index is -1.03. The van der Waals surface area contributed by atoms with Crippen molar-refractivity contribution in [1.29, 1.82) is 0 Å². The molecule has 3 rings (SSSR count). The van der Waals surface area contributed by atoms with Crippen LogP contribution in [-0.4, -0.2) is 14.7 Å². The molecule has 0 unspecified atom stereocenters. The minimum absolute atomic E-state index is 0.833. The van der Waals surface area contributed by atoms with Crippen LogP contribution in [0, 0.1) is 0 Å². The molecule has 0 aliphatic rings. The zero-order valence-corrected chi connectivity index (χ0v) is 23.7. The van der Waals surface area contributed by atoms with Crippen molar-refractivity contribution < 1.29 is 4.74 Å². The maximum absolute atomic E-state index is 6.05. The topological polar surface area (TPSA) is 9.23 Å². The van der Waals surface area contributed by atoms with Crippen LogP contribution >= 0.6 is 11.3 Å². The van der Waals surface area contributed by atoms with Crippen molar-refractivity contribution in [1.82, 2.24) is 0 Å². The number of rotatable bonds is 15. The Hall–Kier alpha value is -1.84. The van der Waals surface area contributed by atoms with Crippen LogP contribution in [0.25, 0.3) is 20.9 Å². The maximum Gasteiger partial charge on any atom is 0.119 e.